The molecule has 0 radical (unpaired) electrons. The first-order valence-corrected chi connectivity index (χ1v) is 41.9. The van der Waals surface area contributed by atoms with Crippen LogP contribution in [-0.2, 0) is 85.5 Å². The summed E-state index contributed by atoms with van der Waals surface area (Å²) >= 11 is 0. The van der Waals surface area contributed by atoms with Crippen LogP contribution in [0.1, 0.15) is 218 Å². The van der Waals surface area contributed by atoms with Crippen molar-refractivity contribution in [2.24, 2.45) is 44.3 Å². The monoisotopic (exact) mass is 1670 g/mol. The Kier molecular flexibility index (Phi) is 24.7. The molecule has 2 amide bonds. The van der Waals surface area contributed by atoms with Crippen LogP contribution in [0.25, 0.3) is 0 Å². The molecule has 11 aliphatic rings. The van der Waals surface area contributed by atoms with Crippen LogP contribution in [0.5, 0.6) is 0 Å². The van der Waals surface area contributed by atoms with Gasteiger partial charge in [-0.25, -0.2) is 28.8 Å². The number of hydrogen-bond donors (Lipinski definition) is 6. The summed E-state index contributed by atoms with van der Waals surface area (Å²) in [6.45, 7) is 44.6. The van der Waals surface area contributed by atoms with Gasteiger partial charge in [-0.2, -0.15) is 0 Å². The molecule has 658 valence electrons. The van der Waals surface area contributed by atoms with Crippen LogP contribution in [0.3, 0.4) is 0 Å². The fourth-order valence-corrected chi connectivity index (χ4v) is 21.4. The highest BCUT2D eigenvalue weighted by atomic mass is 16.7. The van der Waals surface area contributed by atoms with Gasteiger partial charge in [0.05, 0.1) is 60.5 Å². The Morgan fingerprint density at radius 2 is 0.933 bits per heavy atom. The molecule has 119 heavy (non-hydrogen) atoms. The highest BCUT2D eigenvalue weighted by Gasteiger charge is 2.80. The lowest BCUT2D eigenvalue weighted by Gasteiger charge is -2.68. The van der Waals surface area contributed by atoms with Crippen LogP contribution >= 0.6 is 0 Å². The molecule has 13 rings (SSSR count). The van der Waals surface area contributed by atoms with Crippen molar-refractivity contribution in [2.75, 3.05) is 32.8 Å². The van der Waals surface area contributed by atoms with Gasteiger partial charge >= 0.3 is 48.0 Å². The molecule has 6 N–H and O–H groups in total. The van der Waals surface area contributed by atoms with E-state index in [4.69, 9.17) is 66.3 Å². The molecule has 9 fully saturated rings. The van der Waals surface area contributed by atoms with E-state index in [0.29, 0.717) is 54.5 Å². The number of esters is 6. The number of aliphatic hydroxyl groups excluding tert-OH is 2. The first-order valence-electron chi connectivity index (χ1n) is 41.9. The third-order valence-corrected chi connectivity index (χ3v) is 27.5. The number of hydrogen-bond acceptors (Lipinski definition) is 27. The first-order chi connectivity index (χ1) is 55.1. The van der Waals surface area contributed by atoms with Crippen LogP contribution in [0.15, 0.2) is 95.6 Å². The SMILES string of the molecule is C=C[C@@H]1O[C@@H]2C3=C(C)[C@@H](OC(=O)[C@H](O)[C@@H](NC(=O)OC(C)(C)C)C(C)(C)C)C[C@@](O)([C@@H](OC(=O)c4ccccc4)[C@H]4[C@@](C)(CC[C@H]5OC[C@]54OC(C)=O)[C@@H]2O1)C3(C)C.CC(=O)O[C@@]12CO[C@@H]1CC[C@@]1(C)[C@@H]3O[C@H](CN4CCC4)O[C@@H]3C3=C(C)[C@@H](OC(=O)[C@H](O)[C@@H](NC(=O)OC(C)(C)C)C(C)(C)C)C[C@@](O)([C@@H](OC(=O)c4ccccc4)[C@@H]12)C3(C)C. The number of fused-ring (bicyclic) bond motifs is 16. The third-order valence-electron chi connectivity index (χ3n) is 27.5. The summed E-state index contributed by atoms with van der Waals surface area (Å²) in [6, 6.07) is 14.6. The average Bonchev–Trinajstić information content (AvgIpc) is 1.65. The predicted octanol–water partition coefficient (Wildman–Crippen LogP) is 10.2. The number of carbonyl (C=O) groups excluding carboxylic acids is 8. The number of ether oxygens (including phenoxy) is 14. The minimum absolute atomic E-state index is 0.00593. The molecule has 0 aromatic heterocycles. The maximum atomic E-state index is 14.4. The molecule has 29 nitrogen and oxygen atoms in total. The van der Waals surface area contributed by atoms with E-state index in [1.807, 2.05) is 48.5 Å². The third kappa shape index (κ3) is 16.6. The standard InChI is InChI=1S/C46H66N2O13.C44H61NO13/c1-25-28(56-39(52)32(50)35(41(3,4)5)47-40(53)61-42(6,7)8)22-46(54)37(59-38(51)27-16-13-12-14-17-27)34-44(11,19-18-29-45(34,24-55-29)60-26(2)49)36-33(31(25)43(46,9)10)57-30(58-36)23-48-20-15-21-48;1-13-28-54-31-29-23(2)26(53-37(49)30(47)33(39(4,5)6)45-38(50)58-40(7,8)9)21-44(51,41(29,10)11)35(56-36(48)25-17-15-14-16-18-25)32-42(12,34(31)55-28)20-19-27-43(32,22-52-27)57-24(3)46/h12-14,16-17,28-30,32-37,50,54H,15,18-24H2,1-11H3,(H,47,53);13-18,26-28,30-35,47,51H,1,19-22H2,2-12H3,(H,45,50)/t28-,29+,30+,32+,33+,34-,35+,36+,37-,44+,45-,46+;26-,27+,28+,30+,31+,32-,33+,34+,35-,42+,43-,44+/m00/s1. The van der Waals surface area contributed by atoms with Gasteiger partial charge in [0.15, 0.2) is 36.0 Å². The number of benzene rings is 2. The predicted molar refractivity (Wildman–Crippen MR) is 429 cm³/mol. The van der Waals surface area contributed by atoms with Crippen molar-refractivity contribution in [2.45, 2.75) is 329 Å². The maximum absolute atomic E-state index is 14.4. The molecule has 5 saturated heterocycles. The zero-order valence-electron chi connectivity index (χ0n) is 73.2. The van der Waals surface area contributed by atoms with Gasteiger partial charge in [0.1, 0.15) is 71.2 Å². The van der Waals surface area contributed by atoms with Crippen LogP contribution in [0, 0.1) is 44.3 Å². The van der Waals surface area contributed by atoms with E-state index in [0.717, 1.165) is 19.5 Å². The molecular weight excluding hydrogens is 1540 g/mol. The van der Waals surface area contributed by atoms with Gasteiger partial charge in [0.2, 0.25) is 0 Å². The average molecular weight is 1670 g/mol. The minimum Gasteiger partial charge on any atom is -0.456 e. The van der Waals surface area contributed by atoms with Crippen LogP contribution in [0.4, 0.5) is 9.59 Å². The molecule has 0 spiro atoms. The van der Waals surface area contributed by atoms with E-state index in [2.05, 4.69) is 22.1 Å². The number of rotatable bonds is 17. The Balaban J connectivity index is 0.000000219. The van der Waals surface area contributed by atoms with Gasteiger partial charge in [0, 0.05) is 54.9 Å². The van der Waals surface area contributed by atoms with Gasteiger partial charge in [-0.15, -0.1) is 0 Å². The van der Waals surface area contributed by atoms with E-state index in [-0.39, 0.29) is 37.2 Å². The van der Waals surface area contributed by atoms with E-state index in [1.165, 1.54) is 19.9 Å². The van der Waals surface area contributed by atoms with Crippen molar-refractivity contribution in [1.82, 2.24) is 15.5 Å². The first kappa shape index (κ1) is 90.8. The number of alkyl carbamates (subject to hydrolysis) is 2. The topological polar surface area (TPSA) is 374 Å². The summed E-state index contributed by atoms with van der Waals surface area (Å²) < 4.78 is 88.9. The number of nitrogens with one attached hydrogen (secondary N) is 2. The maximum Gasteiger partial charge on any atom is 0.407 e. The van der Waals surface area contributed by atoms with E-state index >= 15 is 0 Å². The lowest BCUT2D eigenvalue weighted by atomic mass is 9.45. The molecule has 29 heteroatoms. The number of carbonyl (C=O) groups is 8. The summed E-state index contributed by atoms with van der Waals surface area (Å²) in [5.74, 6) is -6.49. The van der Waals surface area contributed by atoms with E-state index < -0.39 is 224 Å². The second-order valence-corrected chi connectivity index (χ2v) is 40.5. The van der Waals surface area contributed by atoms with Gasteiger partial charge in [-0.1, -0.05) is 126 Å². The van der Waals surface area contributed by atoms with Crippen LogP contribution in [-0.4, -0.2) is 238 Å². The zero-order valence-corrected chi connectivity index (χ0v) is 73.2. The number of likely N-dealkylation sites (tertiary alicyclic amines) is 1. The summed E-state index contributed by atoms with van der Waals surface area (Å²) in [5.41, 5.74) is -11.7. The number of amides is 2. The normalized spacial score (nSPS) is 36.4. The van der Waals surface area contributed by atoms with Gasteiger partial charge in [-0.05, 0) is 164 Å². The quantitative estimate of drug-likeness (QED) is 0.0487. The summed E-state index contributed by atoms with van der Waals surface area (Å²) in [6.07, 6.45) is -12.3. The molecule has 6 aliphatic carbocycles. The molecule has 2 aromatic carbocycles. The lowest BCUT2D eigenvalue weighted by Crippen LogP contribution is -2.79. The Morgan fingerprint density at radius 1 is 0.555 bits per heavy atom. The van der Waals surface area contributed by atoms with Crippen molar-refractivity contribution < 1.29 is 125 Å². The van der Waals surface area contributed by atoms with Crippen molar-refractivity contribution in [3.05, 3.63) is 107 Å². The molecular formula is C90H127N3O26. The molecule has 24 atom stereocenters. The molecule has 0 unspecified atom stereocenters. The molecule has 5 aliphatic heterocycles. The molecule has 4 bridgehead atoms. The second-order valence-electron chi connectivity index (χ2n) is 40.5. The smallest absolute Gasteiger partial charge is 0.407 e. The fourth-order valence-electron chi connectivity index (χ4n) is 21.4. The van der Waals surface area contributed by atoms with E-state index in [9.17, 15) is 58.8 Å². The highest BCUT2D eigenvalue weighted by molar-refractivity contribution is 5.90. The number of nitrogens with zero attached hydrogens (tertiary/aromatic N) is 1. The Hall–Kier alpha value is -7.42. The van der Waals surface area contributed by atoms with Crippen molar-refractivity contribution in [3.63, 3.8) is 0 Å². The fraction of sp³-hybridized carbons (Fsp3) is 0.711. The Morgan fingerprint density at radius 3 is 1.26 bits per heavy atom. The highest BCUT2D eigenvalue weighted by Crippen LogP contribution is 2.69. The largest absolute Gasteiger partial charge is 0.456 e. The molecule has 5 heterocycles. The summed E-state index contributed by atoms with van der Waals surface area (Å²) in [5, 5.41) is 56.3. The Labute approximate surface area is 698 Å². The second kappa shape index (κ2) is 32.4. The minimum atomic E-state index is -2.04. The van der Waals surface area contributed by atoms with Crippen LogP contribution < -0.4 is 10.6 Å². The summed E-state index contributed by atoms with van der Waals surface area (Å²) in [7, 11) is 0. The van der Waals surface area contributed by atoms with Crippen LogP contribution in [0.2, 0.25) is 0 Å². The Bertz CT molecular complexity index is 4270. The van der Waals surface area contributed by atoms with Gasteiger partial charge in [0.25, 0.3) is 0 Å². The van der Waals surface area contributed by atoms with Gasteiger partial charge in [-0.3, -0.25) is 14.5 Å². The van der Waals surface area contributed by atoms with Crippen molar-refractivity contribution >= 4 is 48.0 Å². The number of aliphatic hydroxyl groups is 4. The zero-order chi connectivity index (χ0) is 87.6. The molecule has 4 saturated carbocycles. The van der Waals surface area contributed by atoms with Crippen molar-refractivity contribution in [1.29, 1.82) is 0 Å². The van der Waals surface area contributed by atoms with Crippen molar-refractivity contribution in [3.8, 4) is 0 Å². The van der Waals surface area contributed by atoms with E-state index in [1.54, 1.807) is 151 Å². The lowest BCUT2D eigenvalue weighted by molar-refractivity contribution is -0.345. The molecule has 2 aromatic rings. The summed E-state index contributed by atoms with van der Waals surface area (Å²) in [4.78, 5) is 112. The van der Waals surface area contributed by atoms with Gasteiger partial charge < -0.3 is 97.4 Å².